The molecule has 11 heteroatoms. The van der Waals surface area contributed by atoms with Crippen LogP contribution in [0, 0.1) is 0 Å². The molecule has 0 aromatic heterocycles. The number of carboxylic acids is 2. The van der Waals surface area contributed by atoms with Crippen LogP contribution in [0.2, 0.25) is 0 Å². The predicted molar refractivity (Wildman–Crippen MR) is 258 cm³/mol. The third-order valence-electron chi connectivity index (χ3n) is 11.4. The zero-order valence-electron chi connectivity index (χ0n) is 40.8. The molecule has 0 fully saturated rings. The molecule has 0 amide bonds. The maximum atomic E-state index is 10.8. The van der Waals surface area contributed by atoms with E-state index in [9.17, 15) is 29.4 Å². The summed E-state index contributed by atoms with van der Waals surface area (Å²) >= 11 is 0. The molecule has 0 bridgehead atoms. The quantitative estimate of drug-likeness (QED) is 0.0357. The van der Waals surface area contributed by atoms with Crippen LogP contribution in [0.1, 0.15) is 218 Å². The molecule has 2 unspecified atom stereocenters. The van der Waals surface area contributed by atoms with Gasteiger partial charge in [-0.25, -0.2) is 0 Å². The minimum atomic E-state index is -0.937. The summed E-state index contributed by atoms with van der Waals surface area (Å²) in [4.78, 5) is 42.4. The van der Waals surface area contributed by atoms with Crippen molar-refractivity contribution in [3.63, 3.8) is 0 Å². The number of carbonyl (C=O) groups excluding carboxylic acids is 4. The monoisotopic (exact) mass is 1030 g/mol. The molecule has 0 aliphatic heterocycles. The largest absolute Gasteiger partial charge is 2.00 e. The number of esters is 2. The van der Waals surface area contributed by atoms with Crippen LogP contribution in [0.15, 0.2) is 60.7 Å². The Morgan fingerprint density at radius 2 is 0.662 bits per heavy atom. The topological polar surface area (TPSA) is 151 Å². The van der Waals surface area contributed by atoms with Crippen LogP contribution in [0.4, 0.5) is 0 Å². The van der Waals surface area contributed by atoms with Crippen molar-refractivity contribution in [3.8, 4) is 0 Å². The van der Waals surface area contributed by atoms with Gasteiger partial charge in [0.15, 0.2) is 0 Å². The van der Waals surface area contributed by atoms with Crippen molar-refractivity contribution in [1.29, 1.82) is 0 Å². The van der Waals surface area contributed by atoms with E-state index in [-0.39, 0.29) is 73.7 Å². The Kier molecular flexibility index (Phi) is 45.3. The van der Waals surface area contributed by atoms with Gasteiger partial charge in [0, 0.05) is 25.8 Å². The SMILES string of the molecule is CC(=O)OCCCCCCCC(CCCCCCCCCC(=O)[O-])OCc1ccccc1.CC(=O)OCCCCCCCC(CCCCCCCCCC(=O)[O-])OCc1ccccc1.[Ba+2]. The number of carboxylic acid groups (broad SMARTS) is 2. The second-order valence-corrected chi connectivity index (χ2v) is 17.4. The van der Waals surface area contributed by atoms with Gasteiger partial charge in [0.05, 0.1) is 38.6 Å². The Bertz CT molecular complexity index is 1290. The van der Waals surface area contributed by atoms with Crippen LogP contribution in [0.25, 0.3) is 0 Å². The Balaban J connectivity index is 0.00000124. The minimum absolute atomic E-state index is 0. The molecule has 2 atom stereocenters. The fourth-order valence-corrected chi connectivity index (χ4v) is 7.69. The third-order valence-corrected chi connectivity index (χ3v) is 11.4. The van der Waals surface area contributed by atoms with Gasteiger partial charge in [0.25, 0.3) is 0 Å². The molecule has 2 aromatic rings. The summed E-state index contributed by atoms with van der Waals surface area (Å²) in [7, 11) is 0. The molecule has 364 valence electrons. The van der Waals surface area contributed by atoms with Crippen LogP contribution < -0.4 is 10.2 Å². The Labute approximate surface area is 434 Å². The molecule has 0 radical (unpaired) electrons. The summed E-state index contributed by atoms with van der Waals surface area (Å²) < 4.78 is 22.5. The van der Waals surface area contributed by atoms with Crippen LogP contribution in [-0.2, 0) is 51.3 Å². The maximum Gasteiger partial charge on any atom is 2.00 e. The van der Waals surface area contributed by atoms with E-state index in [2.05, 4.69) is 48.5 Å². The van der Waals surface area contributed by atoms with E-state index in [1.54, 1.807) is 0 Å². The summed E-state index contributed by atoms with van der Waals surface area (Å²) in [5.74, 6) is -2.26. The number of ether oxygens (including phenoxy) is 4. The number of hydrogen-bond acceptors (Lipinski definition) is 10. The number of aliphatic carboxylic acids is 2. The van der Waals surface area contributed by atoms with Crippen LogP contribution in [-0.4, -0.2) is 98.2 Å². The van der Waals surface area contributed by atoms with Crippen molar-refractivity contribution in [2.24, 2.45) is 0 Å². The van der Waals surface area contributed by atoms with Crippen molar-refractivity contribution < 1.29 is 48.3 Å². The second-order valence-electron chi connectivity index (χ2n) is 17.4. The predicted octanol–water partition coefficient (Wildman–Crippen LogP) is 11.1. The first-order valence-electron chi connectivity index (χ1n) is 25.1. The Morgan fingerprint density at radius 3 is 0.938 bits per heavy atom. The molecule has 2 rings (SSSR count). The van der Waals surface area contributed by atoms with E-state index >= 15 is 0 Å². The molecule has 0 spiro atoms. The normalized spacial score (nSPS) is 11.7. The molecule has 0 saturated carbocycles. The van der Waals surface area contributed by atoms with Gasteiger partial charge in [-0.05, 0) is 75.3 Å². The number of rotatable bonds is 42. The first-order chi connectivity index (χ1) is 31.2. The summed E-state index contributed by atoms with van der Waals surface area (Å²) in [5.41, 5.74) is 2.44. The van der Waals surface area contributed by atoms with Crippen LogP contribution in [0.5, 0.6) is 0 Å². The Hall–Kier alpha value is -2.19. The zero-order valence-corrected chi connectivity index (χ0v) is 45.2. The molecular formula is C54H86BaO10. The molecule has 10 nitrogen and oxygen atoms in total. The van der Waals surface area contributed by atoms with Crippen molar-refractivity contribution in [2.75, 3.05) is 13.2 Å². The van der Waals surface area contributed by atoms with Crippen LogP contribution in [0.3, 0.4) is 0 Å². The fourth-order valence-electron chi connectivity index (χ4n) is 7.69. The summed E-state index contributed by atoms with van der Waals surface area (Å²) in [6.45, 7) is 5.33. The Morgan fingerprint density at radius 1 is 0.400 bits per heavy atom. The molecule has 65 heavy (non-hydrogen) atoms. The third kappa shape index (κ3) is 45.4. The van der Waals surface area contributed by atoms with Gasteiger partial charge >= 0.3 is 60.8 Å². The average molecular weight is 1030 g/mol. The standard InChI is InChI=1S/2C27H44O5.Ba/c2*1-24(28)31-22-16-9-5-7-14-20-26(32-23-25-17-11-10-12-18-25)19-13-6-3-2-4-8-15-21-27(29)30;/h2*10-12,17-18,26H,2-9,13-16,19-23H2,1H3,(H,29,30);/q;;+2/p-2. The fraction of sp³-hybridized carbons (Fsp3) is 0.704. The van der Waals surface area contributed by atoms with E-state index in [0.717, 1.165) is 89.9 Å². The zero-order chi connectivity index (χ0) is 46.6. The average Bonchev–Trinajstić information content (AvgIpc) is 3.27. The molecule has 0 N–H and O–H groups in total. The van der Waals surface area contributed by atoms with E-state index in [1.165, 1.54) is 115 Å². The molecule has 0 aliphatic carbocycles. The van der Waals surface area contributed by atoms with Gasteiger partial charge in [-0.2, -0.15) is 0 Å². The summed E-state index contributed by atoms with van der Waals surface area (Å²) in [6, 6.07) is 20.7. The number of hydrogen-bond donors (Lipinski definition) is 0. The molecular weight excluding hydrogens is 946 g/mol. The van der Waals surface area contributed by atoms with Gasteiger partial charge in [-0.1, -0.05) is 189 Å². The van der Waals surface area contributed by atoms with Crippen molar-refractivity contribution >= 4 is 72.8 Å². The van der Waals surface area contributed by atoms with Crippen molar-refractivity contribution in [1.82, 2.24) is 0 Å². The number of carbonyl (C=O) groups is 4. The second kappa shape index (κ2) is 46.9. The van der Waals surface area contributed by atoms with E-state index in [4.69, 9.17) is 18.9 Å². The van der Waals surface area contributed by atoms with Gasteiger partial charge in [0.2, 0.25) is 0 Å². The van der Waals surface area contributed by atoms with Gasteiger partial charge in [0.1, 0.15) is 0 Å². The van der Waals surface area contributed by atoms with E-state index in [0.29, 0.717) is 38.6 Å². The summed E-state index contributed by atoms with van der Waals surface area (Å²) in [6.07, 6.45) is 31.8. The molecule has 0 saturated heterocycles. The smallest absolute Gasteiger partial charge is 0.550 e. The molecule has 0 heterocycles. The van der Waals surface area contributed by atoms with Crippen molar-refractivity contribution in [3.05, 3.63) is 71.8 Å². The van der Waals surface area contributed by atoms with Gasteiger partial charge in [-0.3, -0.25) is 9.59 Å². The molecule has 2 aromatic carbocycles. The minimum Gasteiger partial charge on any atom is -0.550 e. The molecule has 0 aliphatic rings. The number of unbranched alkanes of at least 4 members (excludes halogenated alkanes) is 20. The number of benzene rings is 2. The van der Waals surface area contributed by atoms with Gasteiger partial charge < -0.3 is 38.7 Å². The van der Waals surface area contributed by atoms with Crippen molar-refractivity contribution in [2.45, 2.75) is 232 Å². The van der Waals surface area contributed by atoms with Gasteiger partial charge in [-0.15, -0.1) is 0 Å². The summed E-state index contributed by atoms with van der Waals surface area (Å²) in [5, 5.41) is 20.8. The van der Waals surface area contributed by atoms with Crippen LogP contribution >= 0.6 is 0 Å². The first-order valence-corrected chi connectivity index (χ1v) is 25.1. The first kappa shape index (κ1) is 62.8. The van der Waals surface area contributed by atoms with E-state index < -0.39 is 11.9 Å². The van der Waals surface area contributed by atoms with E-state index in [1.807, 2.05) is 12.1 Å². The maximum absolute atomic E-state index is 10.8.